The van der Waals surface area contributed by atoms with Crippen molar-refractivity contribution < 1.29 is 38.8 Å². The van der Waals surface area contributed by atoms with Crippen molar-refractivity contribution in [3.63, 3.8) is 0 Å². The van der Waals surface area contributed by atoms with E-state index in [1.807, 2.05) is 0 Å². The van der Waals surface area contributed by atoms with Crippen molar-refractivity contribution in [1.82, 2.24) is 19.6 Å². The van der Waals surface area contributed by atoms with Crippen LogP contribution in [-0.2, 0) is 23.4 Å². The Morgan fingerprint density at radius 2 is 2.15 bits per heavy atom. The average Bonchev–Trinajstić information content (AvgIpc) is 3.38. The molecule has 1 aromatic carbocycles. The highest BCUT2D eigenvalue weighted by Crippen LogP contribution is 2.48. The van der Waals surface area contributed by atoms with E-state index in [2.05, 4.69) is 21.0 Å². The maximum atomic E-state index is 16.0. The quantitative estimate of drug-likeness (QED) is 0.189. The summed E-state index contributed by atoms with van der Waals surface area (Å²) in [5, 5.41) is 13.7. The second kappa shape index (κ2) is 11.3. The predicted molar refractivity (Wildman–Crippen MR) is 141 cm³/mol. The lowest BCUT2D eigenvalue weighted by atomic mass is 9.98. The number of esters is 1. The van der Waals surface area contributed by atoms with Crippen molar-refractivity contribution in [2.24, 2.45) is 0 Å². The Morgan fingerprint density at radius 1 is 1.44 bits per heavy atom. The van der Waals surface area contributed by atoms with Crippen LogP contribution in [0.3, 0.4) is 0 Å². The van der Waals surface area contributed by atoms with Crippen molar-refractivity contribution in [1.29, 1.82) is 0 Å². The number of hydrogen-bond donors (Lipinski definition) is 3. The molecule has 4 N–H and O–H groups in total. The number of nitrogen functional groups attached to an aromatic ring is 1. The number of nitrogens with zero attached hydrogens (tertiary/aromatic N) is 3. The zero-order valence-electron chi connectivity index (χ0n) is 21.5. The minimum Gasteiger partial charge on any atom is -0.465 e. The summed E-state index contributed by atoms with van der Waals surface area (Å²) in [7, 11) is -4.27. The number of aliphatic hydroxyl groups is 1. The lowest BCUT2D eigenvalue weighted by molar-refractivity contribution is -0.144. The first-order valence-electron chi connectivity index (χ1n) is 12.0. The number of ether oxygens (including phenoxy) is 2. The van der Waals surface area contributed by atoms with E-state index in [0.717, 1.165) is 6.92 Å². The van der Waals surface area contributed by atoms with Crippen LogP contribution in [0.1, 0.15) is 34.0 Å². The van der Waals surface area contributed by atoms with Crippen LogP contribution in [0.5, 0.6) is 5.75 Å². The standard InChI is InChI=1S/C25H29FN5O7P.H2/c1-5-16-12-31(22-19(16)21(27)28-14-29-22)24-25(4,26)20(32)18(37-24)13-36-39(34,30-15(3)23(33)35-6-2)38-17-10-8-7-9-11-17;/h1,7-12,14-15,18,20,24,32H,6,13H2,2-4H3,(H,30,34)(H2,27,28,29);1H/t15?,18-,20-,24-,25-,39?;/m1./s1. The van der Waals surface area contributed by atoms with Gasteiger partial charge in [0.1, 0.15) is 41.8 Å². The highest BCUT2D eigenvalue weighted by atomic mass is 31.2. The molecule has 0 aliphatic carbocycles. The van der Waals surface area contributed by atoms with Gasteiger partial charge in [-0.15, -0.1) is 6.42 Å². The minimum absolute atomic E-state index is 0. The highest BCUT2D eigenvalue weighted by Gasteiger charge is 2.56. The number of halogens is 1. The number of nitrogens with one attached hydrogen (secondary N) is 1. The van der Waals surface area contributed by atoms with Gasteiger partial charge in [-0.25, -0.2) is 18.9 Å². The molecule has 2 unspecified atom stereocenters. The first kappa shape index (κ1) is 28.5. The number of fused-ring (bicyclic) bond motifs is 1. The lowest BCUT2D eigenvalue weighted by Crippen LogP contribution is -2.41. The number of anilines is 1. The number of aromatic nitrogens is 3. The Balaban J connectivity index is 0.00000441. The second-order valence-electron chi connectivity index (χ2n) is 8.98. The molecule has 4 rings (SSSR count). The summed E-state index contributed by atoms with van der Waals surface area (Å²) >= 11 is 0. The van der Waals surface area contributed by atoms with Crippen LogP contribution >= 0.6 is 7.75 Å². The van der Waals surface area contributed by atoms with Gasteiger partial charge in [-0.05, 0) is 32.9 Å². The molecule has 0 saturated carbocycles. The van der Waals surface area contributed by atoms with Crippen molar-refractivity contribution in [2.75, 3.05) is 18.9 Å². The molecule has 14 heteroatoms. The Kier molecular flexibility index (Phi) is 8.25. The minimum atomic E-state index is -4.27. The summed E-state index contributed by atoms with van der Waals surface area (Å²) in [5.74, 6) is 2.07. The van der Waals surface area contributed by atoms with E-state index in [9.17, 15) is 14.5 Å². The number of rotatable bonds is 10. The van der Waals surface area contributed by atoms with Gasteiger partial charge in [0.25, 0.3) is 0 Å². The molecule has 1 saturated heterocycles. The Morgan fingerprint density at radius 3 is 2.82 bits per heavy atom. The zero-order chi connectivity index (χ0) is 28.4. The normalized spacial score (nSPS) is 25.1. The van der Waals surface area contributed by atoms with Gasteiger partial charge in [0.15, 0.2) is 11.9 Å². The van der Waals surface area contributed by atoms with Crippen LogP contribution in [0.25, 0.3) is 11.0 Å². The molecule has 210 valence electrons. The van der Waals surface area contributed by atoms with Gasteiger partial charge >= 0.3 is 13.7 Å². The highest BCUT2D eigenvalue weighted by molar-refractivity contribution is 7.52. The maximum Gasteiger partial charge on any atom is 0.459 e. The number of carbonyl (C=O) groups excluding carboxylic acids is 1. The molecule has 2 aromatic heterocycles. The number of alkyl halides is 1. The van der Waals surface area contributed by atoms with Crippen molar-refractivity contribution in [3.8, 4) is 18.1 Å². The van der Waals surface area contributed by atoms with Gasteiger partial charge in [0.2, 0.25) is 0 Å². The SMILES string of the molecule is C#Cc1cn([C@@H]2O[C@H](COP(=O)(NC(C)C(=O)OCC)Oc3ccccc3)[C@@H](O)[C@@]2(C)F)c2ncnc(N)c12.[HH]. The molecule has 1 aliphatic rings. The van der Waals surface area contributed by atoms with E-state index >= 15 is 4.39 Å². The van der Waals surface area contributed by atoms with E-state index in [1.54, 1.807) is 25.1 Å². The van der Waals surface area contributed by atoms with Crippen LogP contribution in [0.4, 0.5) is 10.2 Å². The summed E-state index contributed by atoms with van der Waals surface area (Å²) in [6.07, 6.45) is 3.80. The molecular weight excluding hydrogens is 532 g/mol. The van der Waals surface area contributed by atoms with E-state index in [4.69, 9.17) is 30.7 Å². The van der Waals surface area contributed by atoms with Gasteiger partial charge in [-0.2, -0.15) is 5.09 Å². The molecule has 1 aliphatic heterocycles. The van der Waals surface area contributed by atoms with E-state index in [1.165, 1.54) is 36.1 Å². The molecule has 3 aromatic rings. The smallest absolute Gasteiger partial charge is 0.459 e. The first-order chi connectivity index (χ1) is 18.5. The van der Waals surface area contributed by atoms with Gasteiger partial charge in [-0.1, -0.05) is 24.1 Å². The van der Waals surface area contributed by atoms with Crippen LogP contribution < -0.4 is 15.3 Å². The average molecular weight is 564 g/mol. The number of terminal acetylenes is 1. The van der Waals surface area contributed by atoms with Crippen molar-refractivity contribution in [2.45, 2.75) is 50.9 Å². The number of benzene rings is 1. The summed E-state index contributed by atoms with van der Waals surface area (Å²) < 4.78 is 52.9. The molecule has 12 nitrogen and oxygen atoms in total. The number of carbonyl (C=O) groups is 1. The van der Waals surface area contributed by atoms with Crippen LogP contribution in [0, 0.1) is 12.3 Å². The number of hydrogen-bond acceptors (Lipinski definition) is 10. The van der Waals surface area contributed by atoms with Gasteiger partial charge in [0, 0.05) is 7.62 Å². The number of aliphatic hydroxyl groups excluding tert-OH is 1. The molecule has 0 bridgehead atoms. The Labute approximate surface area is 225 Å². The third-order valence-electron chi connectivity index (χ3n) is 6.13. The fraction of sp³-hybridized carbons (Fsp3) is 0.400. The molecule has 6 atom stereocenters. The molecule has 0 radical (unpaired) electrons. The lowest BCUT2D eigenvalue weighted by Gasteiger charge is -2.25. The second-order valence-corrected chi connectivity index (χ2v) is 10.7. The predicted octanol–water partition coefficient (Wildman–Crippen LogP) is 2.97. The van der Waals surface area contributed by atoms with Crippen LogP contribution in [0.15, 0.2) is 42.9 Å². The van der Waals surface area contributed by atoms with E-state index in [-0.39, 0.29) is 25.2 Å². The zero-order valence-corrected chi connectivity index (χ0v) is 22.4. The Hall–Kier alpha value is -3.53. The Bertz CT molecular complexity index is 1430. The van der Waals surface area contributed by atoms with Crippen molar-refractivity contribution >= 4 is 30.6 Å². The summed E-state index contributed by atoms with van der Waals surface area (Å²) in [4.78, 5) is 20.3. The fourth-order valence-corrected chi connectivity index (χ4v) is 5.69. The molecule has 1 fully saturated rings. The number of para-hydroxylation sites is 1. The molecule has 0 amide bonds. The topological polar surface area (TPSA) is 160 Å². The van der Waals surface area contributed by atoms with Crippen LogP contribution in [0.2, 0.25) is 0 Å². The summed E-state index contributed by atoms with van der Waals surface area (Å²) in [5.41, 5.74) is 4.12. The van der Waals surface area contributed by atoms with Gasteiger partial charge in [0.05, 0.1) is 24.2 Å². The largest absolute Gasteiger partial charge is 0.465 e. The van der Waals surface area contributed by atoms with Crippen LogP contribution in [-0.4, -0.2) is 62.7 Å². The number of nitrogens with two attached hydrogens (primary N) is 1. The van der Waals surface area contributed by atoms with E-state index in [0.29, 0.717) is 10.9 Å². The van der Waals surface area contributed by atoms with Gasteiger partial charge in [-0.3, -0.25) is 9.32 Å². The fourth-order valence-electron chi connectivity index (χ4n) is 4.19. The molecular formula is C25H31FN5O7P. The molecule has 0 spiro atoms. The summed E-state index contributed by atoms with van der Waals surface area (Å²) in [6.45, 7) is 3.74. The third kappa shape index (κ3) is 5.75. The molecule has 3 heterocycles. The molecule has 39 heavy (non-hydrogen) atoms. The maximum absolute atomic E-state index is 16.0. The first-order valence-corrected chi connectivity index (χ1v) is 13.6. The van der Waals surface area contributed by atoms with E-state index < -0.39 is 50.5 Å². The monoisotopic (exact) mass is 563 g/mol. The van der Waals surface area contributed by atoms with Gasteiger partial charge < -0.3 is 29.4 Å². The third-order valence-corrected chi connectivity index (χ3v) is 7.78. The summed E-state index contributed by atoms with van der Waals surface area (Å²) in [6, 6.07) is 7.03. The van der Waals surface area contributed by atoms with Crippen molar-refractivity contribution in [3.05, 3.63) is 48.4 Å².